The van der Waals surface area contributed by atoms with E-state index < -0.39 is 27.3 Å². The van der Waals surface area contributed by atoms with Crippen LogP contribution in [0.15, 0.2) is 23.1 Å². The van der Waals surface area contributed by atoms with Gasteiger partial charge in [0.1, 0.15) is 0 Å². The Bertz CT molecular complexity index is 754. The first kappa shape index (κ1) is 21.7. The molecular weight excluding hydrogens is 379 g/mol. The van der Waals surface area contributed by atoms with E-state index in [1.54, 1.807) is 0 Å². The number of nitrogens with zero attached hydrogens (tertiary/aromatic N) is 1. The molecule has 1 saturated heterocycles. The number of hydrogen-bond donors (Lipinski definition) is 2. The number of halogens is 4. The van der Waals surface area contributed by atoms with Gasteiger partial charge in [-0.25, -0.2) is 13.1 Å². The fourth-order valence-electron chi connectivity index (χ4n) is 2.65. The van der Waals surface area contributed by atoms with Gasteiger partial charge in [0, 0.05) is 13.1 Å². The molecule has 0 bridgehead atoms. The van der Waals surface area contributed by atoms with Crippen molar-refractivity contribution in [2.45, 2.75) is 30.8 Å². The highest BCUT2D eigenvalue weighted by molar-refractivity contribution is 7.89. The van der Waals surface area contributed by atoms with Crippen LogP contribution in [0.5, 0.6) is 0 Å². The average molecular weight is 398 g/mol. The first-order valence-corrected chi connectivity index (χ1v) is 8.87. The second kappa shape index (κ2) is 7.91. The molecule has 0 spiro atoms. The summed E-state index contributed by atoms with van der Waals surface area (Å²) in [5.74, 6) is 0. The third-order valence-electron chi connectivity index (χ3n) is 4.10. The van der Waals surface area contributed by atoms with Gasteiger partial charge < -0.3 is 5.32 Å². The van der Waals surface area contributed by atoms with Crippen LogP contribution in [0.3, 0.4) is 0 Å². The summed E-state index contributed by atoms with van der Waals surface area (Å²) in [6.45, 7) is 3.65. The molecule has 2 N–H and O–H groups in total. The monoisotopic (exact) mass is 397 g/mol. The lowest BCUT2D eigenvalue weighted by Gasteiger charge is -2.34. The van der Waals surface area contributed by atoms with Gasteiger partial charge in [-0.3, -0.25) is 0 Å². The molecule has 1 aliphatic rings. The molecule has 1 unspecified atom stereocenters. The number of hydrogen-bond acceptors (Lipinski definition) is 4. The van der Waals surface area contributed by atoms with Crippen LogP contribution in [-0.2, 0) is 16.2 Å². The fraction of sp³-hybridized carbons (Fsp3) is 0.533. The van der Waals surface area contributed by atoms with Crippen molar-refractivity contribution in [3.8, 4) is 6.07 Å². The average Bonchev–Trinajstić information content (AvgIpc) is 2.52. The number of nitrogens with one attached hydrogen (secondary N) is 2. The quantitative estimate of drug-likeness (QED) is 0.818. The van der Waals surface area contributed by atoms with Gasteiger partial charge in [0.15, 0.2) is 0 Å². The molecule has 1 aliphatic heterocycles. The van der Waals surface area contributed by atoms with Crippen molar-refractivity contribution < 1.29 is 21.6 Å². The van der Waals surface area contributed by atoms with E-state index in [1.165, 1.54) is 6.07 Å². The smallest absolute Gasteiger partial charge is 0.316 e. The zero-order valence-electron chi connectivity index (χ0n) is 13.5. The van der Waals surface area contributed by atoms with Gasteiger partial charge in [-0.1, -0.05) is 6.92 Å². The molecule has 140 valence electrons. The molecule has 1 fully saturated rings. The Hall–Kier alpha value is -1.34. The first-order valence-electron chi connectivity index (χ1n) is 7.39. The number of benzene rings is 1. The Balaban J connectivity index is 0.00000312. The minimum atomic E-state index is -4.71. The van der Waals surface area contributed by atoms with E-state index in [9.17, 15) is 21.6 Å². The van der Waals surface area contributed by atoms with Crippen molar-refractivity contribution >= 4 is 22.4 Å². The van der Waals surface area contributed by atoms with E-state index in [0.717, 1.165) is 31.5 Å². The largest absolute Gasteiger partial charge is 0.417 e. The van der Waals surface area contributed by atoms with Gasteiger partial charge in [-0.15, -0.1) is 12.4 Å². The van der Waals surface area contributed by atoms with Gasteiger partial charge in [0.25, 0.3) is 0 Å². The third-order valence-corrected chi connectivity index (χ3v) is 5.50. The first-order chi connectivity index (χ1) is 11.1. The van der Waals surface area contributed by atoms with Gasteiger partial charge >= 0.3 is 6.18 Å². The highest BCUT2D eigenvalue weighted by atomic mass is 35.5. The molecule has 10 heteroatoms. The van der Waals surface area contributed by atoms with Crippen molar-refractivity contribution in [3.63, 3.8) is 0 Å². The predicted molar refractivity (Wildman–Crippen MR) is 88.8 cm³/mol. The summed E-state index contributed by atoms with van der Waals surface area (Å²) in [6.07, 6.45) is -2.93. The SMILES string of the molecule is CC1(CNS(=O)(=O)c2ccc(C(F)(F)F)c(C#N)c2)CCCNC1.Cl. The summed E-state index contributed by atoms with van der Waals surface area (Å²) >= 11 is 0. The van der Waals surface area contributed by atoms with Gasteiger partial charge in [-0.2, -0.15) is 18.4 Å². The van der Waals surface area contributed by atoms with Crippen LogP contribution in [0.25, 0.3) is 0 Å². The predicted octanol–water partition coefficient (Wildman–Crippen LogP) is 2.67. The Labute approximate surface area is 151 Å². The van der Waals surface area contributed by atoms with E-state index in [-0.39, 0.29) is 29.3 Å². The summed E-state index contributed by atoms with van der Waals surface area (Å²) in [6, 6.07) is 3.65. The van der Waals surface area contributed by atoms with Crippen molar-refractivity contribution in [1.29, 1.82) is 5.26 Å². The van der Waals surface area contributed by atoms with E-state index in [2.05, 4.69) is 10.0 Å². The fourth-order valence-corrected chi connectivity index (χ4v) is 3.88. The summed E-state index contributed by atoms with van der Waals surface area (Å²) in [5.41, 5.74) is -2.11. The van der Waals surface area contributed by atoms with Crippen molar-refractivity contribution in [3.05, 3.63) is 29.3 Å². The molecule has 1 aromatic rings. The lowest BCUT2D eigenvalue weighted by Crippen LogP contribution is -2.45. The molecule has 25 heavy (non-hydrogen) atoms. The van der Waals surface area contributed by atoms with Gasteiger partial charge in [0.05, 0.1) is 22.1 Å². The van der Waals surface area contributed by atoms with Crippen LogP contribution in [0.4, 0.5) is 13.2 Å². The van der Waals surface area contributed by atoms with E-state index in [4.69, 9.17) is 5.26 Å². The highest BCUT2D eigenvalue weighted by Gasteiger charge is 2.35. The van der Waals surface area contributed by atoms with Crippen molar-refractivity contribution in [1.82, 2.24) is 10.0 Å². The maximum absolute atomic E-state index is 12.8. The van der Waals surface area contributed by atoms with Crippen LogP contribution >= 0.6 is 12.4 Å². The molecule has 0 aromatic heterocycles. The molecule has 0 aliphatic carbocycles. The van der Waals surface area contributed by atoms with Crippen LogP contribution in [0, 0.1) is 16.7 Å². The summed E-state index contributed by atoms with van der Waals surface area (Å²) in [7, 11) is -3.99. The van der Waals surface area contributed by atoms with Crippen LogP contribution in [0.1, 0.15) is 30.9 Å². The van der Waals surface area contributed by atoms with Crippen molar-refractivity contribution in [2.24, 2.45) is 5.41 Å². The Kier molecular flexibility index (Phi) is 6.87. The molecule has 0 radical (unpaired) electrons. The standard InChI is InChI=1S/C15H18F3N3O2S.ClH/c1-14(5-2-6-20-9-14)10-21-24(22,23)12-3-4-13(15(16,17)18)11(7-12)8-19;/h3-4,7,20-21H,2,5-6,9-10H2,1H3;1H. The molecular formula is C15H19ClF3N3O2S. The zero-order chi connectivity index (χ0) is 18.0. The molecule has 1 heterocycles. The number of rotatable bonds is 4. The van der Waals surface area contributed by atoms with Crippen molar-refractivity contribution in [2.75, 3.05) is 19.6 Å². The molecule has 2 rings (SSSR count). The Morgan fingerprint density at radius 2 is 2.08 bits per heavy atom. The van der Waals surface area contributed by atoms with Crippen LogP contribution in [0.2, 0.25) is 0 Å². The Morgan fingerprint density at radius 1 is 1.40 bits per heavy atom. The Morgan fingerprint density at radius 3 is 2.60 bits per heavy atom. The topological polar surface area (TPSA) is 82.0 Å². The maximum Gasteiger partial charge on any atom is 0.417 e. The van der Waals surface area contributed by atoms with E-state index in [0.29, 0.717) is 12.6 Å². The van der Waals surface area contributed by atoms with Crippen LogP contribution < -0.4 is 10.0 Å². The molecule has 5 nitrogen and oxygen atoms in total. The summed E-state index contributed by atoms with van der Waals surface area (Å²) in [4.78, 5) is -0.348. The van der Waals surface area contributed by atoms with E-state index >= 15 is 0 Å². The number of alkyl halides is 3. The highest BCUT2D eigenvalue weighted by Crippen LogP contribution is 2.33. The molecule has 1 aromatic carbocycles. The van der Waals surface area contributed by atoms with Gasteiger partial charge in [-0.05, 0) is 43.0 Å². The number of piperidine rings is 1. The zero-order valence-corrected chi connectivity index (χ0v) is 15.1. The lowest BCUT2D eigenvalue weighted by molar-refractivity contribution is -0.137. The minimum Gasteiger partial charge on any atom is -0.316 e. The third kappa shape index (κ3) is 5.31. The lowest BCUT2D eigenvalue weighted by atomic mass is 9.83. The minimum absolute atomic E-state index is 0. The maximum atomic E-state index is 12.8. The van der Waals surface area contributed by atoms with Crippen LogP contribution in [-0.4, -0.2) is 28.1 Å². The molecule has 1 atom stereocenters. The van der Waals surface area contributed by atoms with Gasteiger partial charge in [0.2, 0.25) is 10.0 Å². The molecule has 0 amide bonds. The molecule has 0 saturated carbocycles. The van der Waals surface area contributed by atoms with E-state index in [1.807, 2.05) is 6.92 Å². The number of nitriles is 1. The summed E-state index contributed by atoms with van der Waals surface area (Å²) in [5, 5.41) is 12.1. The second-order valence-electron chi connectivity index (χ2n) is 6.23. The number of sulfonamides is 1. The second-order valence-corrected chi connectivity index (χ2v) is 8.00. The normalized spacial score (nSPS) is 21.2. The summed E-state index contributed by atoms with van der Waals surface area (Å²) < 4.78 is 65.4.